The lowest BCUT2D eigenvalue weighted by Crippen LogP contribution is -2.41. The summed E-state index contributed by atoms with van der Waals surface area (Å²) in [6, 6.07) is 0. The Morgan fingerprint density at radius 3 is 2.83 bits per heavy atom. The van der Waals surface area contributed by atoms with E-state index >= 15 is 0 Å². The second-order valence-electron chi connectivity index (χ2n) is 5.12. The zero-order valence-electron chi connectivity index (χ0n) is 11.1. The minimum Gasteiger partial charge on any atom is -0.356 e. The summed E-state index contributed by atoms with van der Waals surface area (Å²) < 4.78 is 1.93. The predicted molar refractivity (Wildman–Crippen MR) is 82.2 cm³/mol. The molecule has 0 radical (unpaired) electrons. The monoisotopic (exact) mass is 364 g/mol. The summed E-state index contributed by atoms with van der Waals surface area (Å²) in [4.78, 5) is 8.63. The first-order chi connectivity index (χ1) is 8.07. The van der Waals surface area contributed by atoms with E-state index in [2.05, 4.69) is 46.5 Å². The smallest absolute Gasteiger partial charge is 0.191 e. The molecule has 1 aliphatic rings. The lowest BCUT2D eigenvalue weighted by Gasteiger charge is -2.22. The van der Waals surface area contributed by atoms with Crippen molar-refractivity contribution >= 4 is 29.9 Å². The molecule has 2 heterocycles. The molecule has 0 saturated carbocycles. The van der Waals surface area contributed by atoms with Crippen molar-refractivity contribution in [3.63, 3.8) is 0 Å². The summed E-state index contributed by atoms with van der Waals surface area (Å²) in [7, 11) is 0. The highest BCUT2D eigenvalue weighted by Gasteiger charge is 2.18. The number of aliphatic imine (C=N–C) groups is 1. The Hall–Kier alpha value is -0.860. The van der Waals surface area contributed by atoms with Crippen molar-refractivity contribution in [1.82, 2.24) is 25.4 Å². The van der Waals surface area contributed by atoms with Crippen LogP contribution in [0.1, 0.15) is 33.0 Å². The highest BCUT2D eigenvalue weighted by molar-refractivity contribution is 14.0. The highest BCUT2D eigenvalue weighted by Crippen LogP contribution is 2.13. The van der Waals surface area contributed by atoms with Gasteiger partial charge in [-0.2, -0.15) is 5.10 Å². The fraction of sp³-hybridized carbons (Fsp3) is 0.727. The second kappa shape index (κ2) is 6.35. The average molecular weight is 364 g/mol. The second-order valence-corrected chi connectivity index (χ2v) is 5.12. The molecule has 0 atom stereocenters. The molecule has 0 aliphatic carbocycles. The molecule has 0 amide bonds. The van der Waals surface area contributed by atoms with Gasteiger partial charge in [-0.25, -0.2) is 9.67 Å². The Labute approximate surface area is 125 Å². The van der Waals surface area contributed by atoms with Gasteiger partial charge in [-0.05, 0) is 27.2 Å². The zero-order chi connectivity index (χ0) is 12.3. The molecule has 2 N–H and O–H groups in total. The quantitative estimate of drug-likeness (QED) is 0.772. The van der Waals surface area contributed by atoms with E-state index in [9.17, 15) is 0 Å². The predicted octanol–water partition coefficient (Wildman–Crippen LogP) is 1.09. The van der Waals surface area contributed by atoms with Gasteiger partial charge in [-0.3, -0.25) is 4.99 Å². The van der Waals surface area contributed by atoms with E-state index < -0.39 is 0 Å². The number of guanidine groups is 1. The van der Waals surface area contributed by atoms with E-state index in [0.29, 0.717) is 6.54 Å². The van der Waals surface area contributed by atoms with Gasteiger partial charge in [-0.15, -0.1) is 24.0 Å². The number of aromatic nitrogens is 3. The summed E-state index contributed by atoms with van der Waals surface area (Å²) in [6.07, 6.45) is 2.70. The Morgan fingerprint density at radius 1 is 1.44 bits per heavy atom. The van der Waals surface area contributed by atoms with Crippen LogP contribution in [0.5, 0.6) is 0 Å². The van der Waals surface area contributed by atoms with Crippen LogP contribution in [-0.4, -0.2) is 33.8 Å². The number of nitrogens with one attached hydrogen (secondary N) is 2. The van der Waals surface area contributed by atoms with Gasteiger partial charge in [0, 0.05) is 13.1 Å². The van der Waals surface area contributed by atoms with Crippen molar-refractivity contribution in [2.45, 2.75) is 39.3 Å². The van der Waals surface area contributed by atoms with E-state index in [-0.39, 0.29) is 29.5 Å². The van der Waals surface area contributed by atoms with Gasteiger partial charge < -0.3 is 10.6 Å². The van der Waals surface area contributed by atoms with Gasteiger partial charge >= 0.3 is 0 Å². The third-order valence-electron chi connectivity index (χ3n) is 2.56. The van der Waals surface area contributed by atoms with Crippen LogP contribution in [0.4, 0.5) is 0 Å². The molecule has 1 aromatic rings. The number of halogens is 1. The number of rotatable bonds is 2. The number of nitrogens with zero attached hydrogens (tertiary/aromatic N) is 4. The van der Waals surface area contributed by atoms with Crippen LogP contribution in [0.3, 0.4) is 0 Å². The SMILES string of the molecule is CC(C)(C)n1ncnc1CNC1=NCCCN1.I. The van der Waals surface area contributed by atoms with Gasteiger partial charge in [0.05, 0.1) is 12.1 Å². The molecule has 0 bridgehead atoms. The first-order valence-corrected chi connectivity index (χ1v) is 5.99. The van der Waals surface area contributed by atoms with Crippen molar-refractivity contribution in [3.8, 4) is 0 Å². The van der Waals surface area contributed by atoms with Crippen LogP contribution in [0.15, 0.2) is 11.3 Å². The van der Waals surface area contributed by atoms with Crippen LogP contribution in [0, 0.1) is 0 Å². The largest absolute Gasteiger partial charge is 0.356 e. The lowest BCUT2D eigenvalue weighted by atomic mass is 10.1. The Bertz CT molecular complexity index is 406. The van der Waals surface area contributed by atoms with Gasteiger partial charge in [0.15, 0.2) is 5.96 Å². The van der Waals surface area contributed by atoms with Crippen molar-refractivity contribution in [2.24, 2.45) is 4.99 Å². The average Bonchev–Trinajstić information content (AvgIpc) is 2.75. The summed E-state index contributed by atoms with van der Waals surface area (Å²) in [5, 5.41) is 10.7. The van der Waals surface area contributed by atoms with Crippen LogP contribution in [-0.2, 0) is 12.1 Å². The molecule has 0 spiro atoms. The minimum absolute atomic E-state index is 0. The third kappa shape index (κ3) is 3.82. The molecule has 2 rings (SSSR count). The highest BCUT2D eigenvalue weighted by atomic mass is 127. The van der Waals surface area contributed by atoms with Crippen LogP contribution >= 0.6 is 24.0 Å². The standard InChI is InChI=1S/C11H20N6.HI/c1-11(2,3)17-9(15-8-16-17)7-14-10-12-5-4-6-13-10;/h8H,4-7H2,1-3H3,(H2,12,13,14);1H. The minimum atomic E-state index is -0.0463. The van der Waals surface area contributed by atoms with E-state index in [1.165, 1.54) is 0 Å². The van der Waals surface area contributed by atoms with Gasteiger partial charge in [0.25, 0.3) is 0 Å². The molecule has 1 aromatic heterocycles. The van der Waals surface area contributed by atoms with E-state index in [1.807, 2.05) is 4.68 Å². The van der Waals surface area contributed by atoms with E-state index in [4.69, 9.17) is 0 Å². The van der Waals surface area contributed by atoms with E-state index in [0.717, 1.165) is 31.3 Å². The Kier molecular flexibility index (Phi) is 5.36. The topological polar surface area (TPSA) is 67.1 Å². The Morgan fingerprint density at radius 2 is 2.22 bits per heavy atom. The van der Waals surface area contributed by atoms with Gasteiger partial charge in [0.2, 0.25) is 0 Å². The molecule has 18 heavy (non-hydrogen) atoms. The third-order valence-corrected chi connectivity index (χ3v) is 2.56. The first-order valence-electron chi connectivity index (χ1n) is 5.99. The first kappa shape index (κ1) is 15.2. The van der Waals surface area contributed by atoms with E-state index in [1.54, 1.807) is 6.33 Å². The lowest BCUT2D eigenvalue weighted by molar-refractivity contribution is 0.340. The molecule has 6 nitrogen and oxygen atoms in total. The zero-order valence-corrected chi connectivity index (χ0v) is 13.4. The van der Waals surface area contributed by atoms with Crippen molar-refractivity contribution in [3.05, 3.63) is 12.2 Å². The van der Waals surface area contributed by atoms with Crippen LogP contribution in [0.2, 0.25) is 0 Å². The normalized spacial score (nSPS) is 15.4. The molecule has 0 aromatic carbocycles. The Balaban J connectivity index is 0.00000162. The molecule has 0 unspecified atom stereocenters. The fourth-order valence-corrected chi connectivity index (χ4v) is 1.76. The number of hydrogen-bond acceptors (Lipinski definition) is 5. The van der Waals surface area contributed by atoms with Crippen LogP contribution in [0.25, 0.3) is 0 Å². The maximum Gasteiger partial charge on any atom is 0.191 e. The molecular formula is C11H21IN6. The summed E-state index contributed by atoms with van der Waals surface area (Å²) in [5.41, 5.74) is -0.0463. The van der Waals surface area contributed by atoms with Gasteiger partial charge in [-0.1, -0.05) is 0 Å². The molecule has 0 fully saturated rings. The van der Waals surface area contributed by atoms with Crippen LogP contribution < -0.4 is 10.6 Å². The maximum atomic E-state index is 4.36. The van der Waals surface area contributed by atoms with Crippen molar-refractivity contribution in [2.75, 3.05) is 13.1 Å². The maximum absolute atomic E-state index is 4.36. The number of hydrogen-bond donors (Lipinski definition) is 2. The molecule has 1 aliphatic heterocycles. The van der Waals surface area contributed by atoms with Crippen molar-refractivity contribution in [1.29, 1.82) is 0 Å². The molecule has 7 heteroatoms. The molecule has 102 valence electrons. The molecular weight excluding hydrogens is 343 g/mol. The van der Waals surface area contributed by atoms with Gasteiger partial charge in [0.1, 0.15) is 12.2 Å². The fourth-order valence-electron chi connectivity index (χ4n) is 1.76. The molecule has 0 saturated heterocycles. The summed E-state index contributed by atoms with van der Waals surface area (Å²) in [6.45, 7) is 8.85. The summed E-state index contributed by atoms with van der Waals surface area (Å²) >= 11 is 0. The van der Waals surface area contributed by atoms with Crippen molar-refractivity contribution < 1.29 is 0 Å². The summed E-state index contributed by atoms with van der Waals surface area (Å²) in [5.74, 6) is 1.78.